The molecule has 2 aliphatic rings. The van der Waals surface area contributed by atoms with Crippen molar-refractivity contribution in [3.05, 3.63) is 88.3 Å². The first kappa shape index (κ1) is 24.3. The molecule has 8 heteroatoms. The summed E-state index contributed by atoms with van der Waals surface area (Å²) < 4.78 is 0. The summed E-state index contributed by atoms with van der Waals surface area (Å²) in [5.41, 5.74) is 3.40. The molecule has 1 atom stereocenters. The number of anilines is 1. The molecule has 3 aromatic rings. The zero-order valence-electron chi connectivity index (χ0n) is 20.6. The number of carbonyl (C=O) groups excluding carboxylic acids is 2. The van der Waals surface area contributed by atoms with Crippen LogP contribution in [-0.2, 0) is 6.42 Å². The van der Waals surface area contributed by atoms with Gasteiger partial charge >= 0.3 is 0 Å². The van der Waals surface area contributed by atoms with Crippen molar-refractivity contribution in [1.29, 1.82) is 0 Å². The number of hydrogen-bond acceptors (Lipinski definition) is 5. The molecule has 1 saturated heterocycles. The van der Waals surface area contributed by atoms with Crippen LogP contribution >= 0.6 is 11.6 Å². The van der Waals surface area contributed by atoms with Crippen molar-refractivity contribution < 1.29 is 9.59 Å². The maximum atomic E-state index is 13.5. The van der Waals surface area contributed by atoms with E-state index < -0.39 is 0 Å². The smallest absolute Gasteiger partial charge is 0.255 e. The van der Waals surface area contributed by atoms with E-state index in [9.17, 15) is 9.59 Å². The summed E-state index contributed by atoms with van der Waals surface area (Å²) in [6.45, 7) is 1.70. The second kappa shape index (κ2) is 10.3. The van der Waals surface area contributed by atoms with E-state index in [2.05, 4.69) is 14.9 Å². The standard InChI is InChI=1S/C28H30ClN5O2/c1-32(21-12-15-34(16-13-21)26-11-14-30-18-31-26)27(35)20-8-7-19-9-10-25(23(19)17-20)33(2)28(36)22-5-3-4-6-24(22)29/h3-8,11,14,17-18,21,25H,9-10,12-13,15-16H2,1-2H3/t25-/m1/s1. The first-order valence-corrected chi connectivity index (χ1v) is 12.7. The van der Waals surface area contributed by atoms with E-state index in [1.807, 2.05) is 55.4 Å². The molecule has 36 heavy (non-hydrogen) atoms. The highest BCUT2D eigenvalue weighted by Gasteiger charge is 2.32. The van der Waals surface area contributed by atoms with Crippen molar-refractivity contribution in [2.45, 2.75) is 37.8 Å². The Bertz CT molecular complexity index is 1260. The van der Waals surface area contributed by atoms with Gasteiger partial charge in [0.25, 0.3) is 11.8 Å². The number of nitrogens with zero attached hydrogens (tertiary/aromatic N) is 5. The van der Waals surface area contributed by atoms with Gasteiger partial charge in [-0.25, -0.2) is 9.97 Å². The van der Waals surface area contributed by atoms with Gasteiger partial charge in [-0.15, -0.1) is 0 Å². The first-order chi connectivity index (χ1) is 17.4. The van der Waals surface area contributed by atoms with Crippen LogP contribution in [0.1, 0.15) is 57.1 Å². The minimum absolute atomic E-state index is 0.0176. The lowest BCUT2D eigenvalue weighted by atomic mass is 10.00. The van der Waals surface area contributed by atoms with Crippen molar-refractivity contribution >= 4 is 29.2 Å². The molecule has 1 aliphatic carbocycles. The van der Waals surface area contributed by atoms with Gasteiger partial charge < -0.3 is 14.7 Å². The number of fused-ring (bicyclic) bond motifs is 1. The molecule has 1 aliphatic heterocycles. The fourth-order valence-corrected chi connectivity index (χ4v) is 5.62. The van der Waals surface area contributed by atoms with Gasteiger partial charge in [-0.1, -0.05) is 29.8 Å². The fraction of sp³-hybridized carbons (Fsp3) is 0.357. The van der Waals surface area contributed by atoms with Crippen molar-refractivity contribution in [1.82, 2.24) is 19.8 Å². The molecule has 1 fully saturated rings. The maximum absolute atomic E-state index is 13.5. The molecule has 2 aromatic carbocycles. The average Bonchev–Trinajstić information content (AvgIpc) is 3.35. The van der Waals surface area contributed by atoms with Crippen molar-refractivity contribution in [3.8, 4) is 0 Å². The third-order valence-corrected chi connectivity index (χ3v) is 7.88. The third kappa shape index (κ3) is 4.67. The van der Waals surface area contributed by atoms with E-state index in [0.717, 1.165) is 50.2 Å². The van der Waals surface area contributed by atoms with Crippen LogP contribution in [0.25, 0.3) is 0 Å². The van der Waals surface area contributed by atoms with Gasteiger partial charge in [-0.05, 0) is 67.1 Å². The maximum Gasteiger partial charge on any atom is 0.255 e. The Hall–Kier alpha value is -3.45. The third-order valence-electron chi connectivity index (χ3n) is 7.55. The Kier molecular flexibility index (Phi) is 6.92. The van der Waals surface area contributed by atoms with Crippen molar-refractivity contribution in [3.63, 3.8) is 0 Å². The number of piperidine rings is 1. The molecule has 7 nitrogen and oxygen atoms in total. The van der Waals surface area contributed by atoms with Gasteiger partial charge in [0.1, 0.15) is 12.1 Å². The molecule has 0 radical (unpaired) electrons. The van der Waals surface area contributed by atoms with Crippen molar-refractivity contribution in [2.24, 2.45) is 0 Å². The molecule has 2 amide bonds. The quantitative estimate of drug-likeness (QED) is 0.507. The predicted octanol–water partition coefficient (Wildman–Crippen LogP) is 4.63. The lowest BCUT2D eigenvalue weighted by Gasteiger charge is -2.37. The number of halogens is 1. The normalized spacial score (nSPS) is 17.5. The Morgan fingerprint density at radius 1 is 0.972 bits per heavy atom. The average molecular weight is 504 g/mol. The highest BCUT2D eigenvalue weighted by molar-refractivity contribution is 6.33. The van der Waals surface area contributed by atoms with E-state index in [1.165, 1.54) is 5.56 Å². The number of benzene rings is 2. The van der Waals surface area contributed by atoms with E-state index in [0.29, 0.717) is 16.1 Å². The molecule has 2 heterocycles. The van der Waals surface area contributed by atoms with Gasteiger partial charge in [0.2, 0.25) is 0 Å². The molecule has 0 unspecified atom stereocenters. The first-order valence-electron chi connectivity index (χ1n) is 12.4. The van der Waals surface area contributed by atoms with Gasteiger partial charge in [-0.2, -0.15) is 0 Å². The minimum Gasteiger partial charge on any atom is -0.356 e. The monoisotopic (exact) mass is 503 g/mol. The fourth-order valence-electron chi connectivity index (χ4n) is 5.40. The Labute approximate surface area is 216 Å². The van der Waals surface area contributed by atoms with Crippen molar-refractivity contribution in [2.75, 3.05) is 32.1 Å². The molecule has 1 aromatic heterocycles. The molecule has 0 bridgehead atoms. The van der Waals surface area contributed by atoms with Gasteiger partial charge in [0, 0.05) is 45.0 Å². The lowest BCUT2D eigenvalue weighted by Crippen LogP contribution is -2.46. The van der Waals surface area contributed by atoms with E-state index in [4.69, 9.17) is 11.6 Å². The molecule has 5 rings (SSSR count). The molecule has 0 N–H and O–H groups in total. The Morgan fingerprint density at radius 3 is 2.47 bits per heavy atom. The largest absolute Gasteiger partial charge is 0.356 e. The predicted molar refractivity (Wildman–Crippen MR) is 140 cm³/mol. The van der Waals surface area contributed by atoms with Gasteiger partial charge in [0.05, 0.1) is 16.6 Å². The van der Waals surface area contributed by atoms with Crippen LogP contribution < -0.4 is 4.90 Å². The highest BCUT2D eigenvalue weighted by Crippen LogP contribution is 2.37. The second-order valence-electron chi connectivity index (χ2n) is 9.57. The van der Waals surface area contributed by atoms with Crippen LogP contribution in [0, 0.1) is 0 Å². The number of aryl methyl sites for hydroxylation is 1. The SMILES string of the molecule is CN(C(=O)c1ccc2c(c1)[C@H](N(C)C(=O)c1ccccc1Cl)CC2)C1CCN(c2ccncn2)CC1. The molecule has 0 saturated carbocycles. The minimum atomic E-state index is -0.109. The van der Waals surface area contributed by atoms with Crippen LogP contribution in [0.3, 0.4) is 0 Å². The second-order valence-corrected chi connectivity index (χ2v) is 9.97. The number of hydrogen-bond donors (Lipinski definition) is 0. The van der Waals surface area contributed by atoms with Crippen LogP contribution in [-0.4, -0.2) is 64.8 Å². The summed E-state index contributed by atoms with van der Waals surface area (Å²) in [5, 5.41) is 0.448. The Morgan fingerprint density at radius 2 is 1.75 bits per heavy atom. The summed E-state index contributed by atoms with van der Waals surface area (Å²) >= 11 is 6.28. The van der Waals surface area contributed by atoms with Gasteiger partial charge in [-0.3, -0.25) is 9.59 Å². The number of carbonyl (C=O) groups is 2. The van der Waals surface area contributed by atoms with E-state index in [1.54, 1.807) is 29.6 Å². The van der Waals surface area contributed by atoms with E-state index in [-0.39, 0.29) is 23.9 Å². The van der Waals surface area contributed by atoms with Crippen LogP contribution in [0.2, 0.25) is 5.02 Å². The summed E-state index contributed by atoms with van der Waals surface area (Å²) in [5.74, 6) is 0.837. The Balaban J connectivity index is 1.28. The zero-order chi connectivity index (χ0) is 25.2. The van der Waals surface area contributed by atoms with Crippen LogP contribution in [0.15, 0.2) is 61.1 Å². The van der Waals surface area contributed by atoms with E-state index >= 15 is 0 Å². The molecular formula is C28H30ClN5O2. The summed E-state index contributed by atoms with van der Waals surface area (Å²) in [4.78, 5) is 40.9. The topological polar surface area (TPSA) is 69.6 Å². The molecular weight excluding hydrogens is 474 g/mol. The van der Waals surface area contributed by atoms with Crippen LogP contribution in [0.5, 0.6) is 0 Å². The number of amides is 2. The molecule has 0 spiro atoms. The highest BCUT2D eigenvalue weighted by atomic mass is 35.5. The number of rotatable bonds is 5. The summed E-state index contributed by atoms with van der Waals surface area (Å²) in [6, 6.07) is 15.1. The number of aromatic nitrogens is 2. The lowest BCUT2D eigenvalue weighted by molar-refractivity contribution is 0.0709. The summed E-state index contributed by atoms with van der Waals surface area (Å²) in [7, 11) is 3.71. The summed E-state index contributed by atoms with van der Waals surface area (Å²) in [6.07, 6.45) is 6.80. The van der Waals surface area contributed by atoms with Gasteiger partial charge in [0.15, 0.2) is 0 Å². The van der Waals surface area contributed by atoms with Crippen LogP contribution in [0.4, 0.5) is 5.82 Å². The molecule has 186 valence electrons. The zero-order valence-corrected chi connectivity index (χ0v) is 21.4.